The molecule has 2 aromatic carbocycles. The van der Waals surface area contributed by atoms with Gasteiger partial charge in [-0.25, -0.2) is 23.8 Å². The zero-order valence-corrected chi connectivity index (χ0v) is 40.7. The van der Waals surface area contributed by atoms with Crippen molar-refractivity contribution < 1.29 is 77.0 Å². The molecule has 2 aliphatic carbocycles. The van der Waals surface area contributed by atoms with Crippen LogP contribution in [0.25, 0.3) is 11.1 Å². The van der Waals surface area contributed by atoms with Crippen LogP contribution in [-0.4, -0.2) is 90.1 Å². The maximum Gasteiger partial charge on any atom is 0.396 e. The molecule has 404 valence electrons. The van der Waals surface area contributed by atoms with Gasteiger partial charge in [-0.2, -0.15) is 43.9 Å². The van der Waals surface area contributed by atoms with Gasteiger partial charge < -0.3 is 21.9 Å². The summed E-state index contributed by atoms with van der Waals surface area (Å²) in [5.74, 6) is -11.0. The number of aliphatic hydroxyl groups excluding tert-OH is 1. The van der Waals surface area contributed by atoms with Crippen LogP contribution in [0.1, 0.15) is 102 Å². The van der Waals surface area contributed by atoms with Gasteiger partial charge in [0.1, 0.15) is 23.5 Å². The number of nitrogens with two attached hydrogens (primary N) is 2. The van der Waals surface area contributed by atoms with Crippen molar-refractivity contribution in [1.82, 2.24) is 15.8 Å². The third-order valence-electron chi connectivity index (χ3n) is 13.9. The number of rotatable bonds is 25. The molecule has 7 N–H and O–H groups in total. The van der Waals surface area contributed by atoms with Crippen molar-refractivity contribution in [2.75, 3.05) is 6.54 Å². The molecule has 0 spiro atoms. The molecule has 0 radical (unpaired) electrons. The van der Waals surface area contributed by atoms with E-state index in [9.17, 15) is 68.2 Å². The van der Waals surface area contributed by atoms with Crippen molar-refractivity contribution in [2.24, 2.45) is 54.9 Å². The predicted octanol–water partition coefficient (Wildman–Crippen LogP) is 9.00. The van der Waals surface area contributed by atoms with E-state index in [-0.39, 0.29) is 22.3 Å². The Bertz CT molecular complexity index is 2420. The minimum Gasteiger partial charge on any atom is -0.404 e. The van der Waals surface area contributed by atoms with E-state index in [0.717, 1.165) is 12.4 Å². The number of halogens is 12. The Labute approximate surface area is 413 Å². The van der Waals surface area contributed by atoms with Crippen molar-refractivity contribution in [2.45, 2.75) is 131 Å². The number of ketones is 2. The Kier molecular flexibility index (Phi) is 19.0. The molecule has 4 atom stereocenters. The summed E-state index contributed by atoms with van der Waals surface area (Å²) in [6.07, 6.45) is -10.5. The standard InChI is InChI=1S/C49H59F12N7O5/c1-44(2,48(56,57)58)33(19-38(71)46(5)11-12-46)40(72)67-68(24-32-34(50)16-28(17-35(32)51)31(21-63)23-65-43(54)55)25-37(70)29(15-26-7-9-27(10-8-26)30(20-62)22-64-42(52)53)18-36(69)39(45(3,4)49(59,60)61)66-41(73)47(6)13-14-47/h7-10,16-17,20-23,29,33,37,39,42-43,70H,11-15,18-19,24-25,62-63H2,1-6H3,(H,66,73)(H,67,72)/t29-,33-,37+,39-/m1/s1. The van der Waals surface area contributed by atoms with Gasteiger partial charge in [-0.3, -0.25) is 24.6 Å². The summed E-state index contributed by atoms with van der Waals surface area (Å²) < 4.78 is 172. The Morgan fingerprint density at radius 1 is 0.753 bits per heavy atom. The number of alkyl halides is 10. The van der Waals surface area contributed by atoms with Crippen molar-refractivity contribution in [3.05, 3.63) is 82.7 Å². The average Bonchev–Trinajstić information content (AvgIpc) is 4.22. The molecule has 73 heavy (non-hydrogen) atoms. The van der Waals surface area contributed by atoms with E-state index in [0.29, 0.717) is 82.9 Å². The van der Waals surface area contributed by atoms with Gasteiger partial charge in [0.15, 0.2) is 5.78 Å². The van der Waals surface area contributed by atoms with Gasteiger partial charge in [0.25, 0.3) is 0 Å². The molecule has 2 saturated carbocycles. The van der Waals surface area contributed by atoms with E-state index in [4.69, 9.17) is 11.5 Å². The number of hydrazine groups is 1. The number of hydrogen-bond acceptors (Lipinski definition) is 10. The summed E-state index contributed by atoms with van der Waals surface area (Å²) in [5.41, 5.74) is 4.00. The topological polar surface area (TPSA) is 193 Å². The number of aliphatic imine (C=N–C) groups is 2. The molecule has 0 aliphatic heterocycles. The van der Waals surface area contributed by atoms with Crippen LogP contribution >= 0.6 is 0 Å². The average molecular weight is 1050 g/mol. The first-order valence-corrected chi connectivity index (χ1v) is 22.9. The molecule has 2 aliphatic rings. The van der Waals surface area contributed by atoms with E-state index >= 15 is 8.78 Å². The highest BCUT2D eigenvalue weighted by atomic mass is 19.4. The lowest BCUT2D eigenvalue weighted by Crippen LogP contribution is -2.58. The number of carbonyl (C=O) groups is 4. The second-order valence-electron chi connectivity index (χ2n) is 20.2. The molecule has 2 fully saturated rings. The smallest absolute Gasteiger partial charge is 0.396 e. The highest BCUT2D eigenvalue weighted by Crippen LogP contribution is 2.51. The molecule has 0 heterocycles. The minimum absolute atomic E-state index is 0.0197. The number of allylic oxidation sites excluding steroid dienone is 2. The third-order valence-corrected chi connectivity index (χ3v) is 13.9. The molecular formula is C49H59F12N7O5. The van der Waals surface area contributed by atoms with Crippen molar-refractivity contribution in [1.29, 1.82) is 0 Å². The predicted molar refractivity (Wildman–Crippen MR) is 247 cm³/mol. The van der Waals surface area contributed by atoms with Gasteiger partial charge >= 0.3 is 25.5 Å². The van der Waals surface area contributed by atoms with Crippen LogP contribution < -0.4 is 22.2 Å². The molecule has 0 aromatic heterocycles. The van der Waals surface area contributed by atoms with Crippen LogP contribution in [0.4, 0.5) is 52.7 Å². The number of amides is 2. The van der Waals surface area contributed by atoms with Crippen LogP contribution in [0.2, 0.25) is 0 Å². The van der Waals surface area contributed by atoms with Crippen LogP contribution in [0.15, 0.2) is 58.8 Å². The lowest BCUT2D eigenvalue weighted by molar-refractivity contribution is -0.230. The molecule has 0 unspecified atom stereocenters. The molecular weight excluding hydrogens is 995 g/mol. The molecule has 24 heteroatoms. The summed E-state index contributed by atoms with van der Waals surface area (Å²) in [6.45, 7) is -2.88. The summed E-state index contributed by atoms with van der Waals surface area (Å²) >= 11 is 0. The van der Waals surface area contributed by atoms with Crippen LogP contribution in [-0.2, 0) is 32.1 Å². The molecule has 0 bridgehead atoms. The van der Waals surface area contributed by atoms with Crippen molar-refractivity contribution in [3.8, 4) is 0 Å². The maximum absolute atomic E-state index is 16.0. The van der Waals surface area contributed by atoms with E-state index in [1.165, 1.54) is 38.1 Å². The lowest BCUT2D eigenvalue weighted by Gasteiger charge is -2.38. The Hall–Kier alpha value is -5.78. The van der Waals surface area contributed by atoms with Gasteiger partial charge in [-0.1, -0.05) is 52.0 Å². The SMILES string of the molecule is CC1(C(=O)C[C@H](C(=O)NN(Cc2c(F)cc(C(C=NC(F)F)=CN)cc2F)C[C@H](O)[C@@H](CC(=O)[C@@H](NC(=O)C2(C)CC2)C(C)(C)C(F)(F)F)Cc2ccc(C(C=NC(F)F)=CN)cc2)C(C)(C)C(F)(F)F)CC1. The first-order valence-electron chi connectivity index (χ1n) is 22.9. The second-order valence-corrected chi connectivity index (χ2v) is 20.2. The van der Waals surface area contributed by atoms with E-state index in [1.807, 2.05) is 0 Å². The Morgan fingerprint density at radius 2 is 1.23 bits per heavy atom. The third kappa shape index (κ3) is 15.2. The Balaban J connectivity index is 1.86. The van der Waals surface area contributed by atoms with Gasteiger partial charge in [0, 0.05) is 78.3 Å². The number of hydrogen-bond donors (Lipinski definition) is 5. The number of nitrogens with zero attached hydrogens (tertiary/aromatic N) is 3. The fourth-order valence-electron chi connectivity index (χ4n) is 7.75. The van der Waals surface area contributed by atoms with Crippen LogP contribution in [0.3, 0.4) is 0 Å². The summed E-state index contributed by atoms with van der Waals surface area (Å²) in [7, 11) is 0. The minimum atomic E-state index is -5.13. The zero-order chi connectivity index (χ0) is 55.2. The molecule has 12 nitrogen and oxygen atoms in total. The monoisotopic (exact) mass is 1050 g/mol. The first-order chi connectivity index (χ1) is 33.6. The van der Waals surface area contributed by atoms with Gasteiger partial charge in [0.2, 0.25) is 11.8 Å². The van der Waals surface area contributed by atoms with Crippen molar-refractivity contribution >= 4 is 47.0 Å². The zero-order valence-electron chi connectivity index (χ0n) is 40.7. The highest BCUT2D eigenvalue weighted by molar-refractivity contribution is 6.10. The number of nitrogens with one attached hydrogen (secondary N) is 2. The molecule has 0 saturated heterocycles. The normalized spacial score (nSPS) is 18.1. The molecule has 4 rings (SSSR count). The van der Waals surface area contributed by atoms with Crippen LogP contribution in [0.5, 0.6) is 0 Å². The number of carbonyl (C=O) groups excluding carboxylic acids is 4. The fourth-order valence-corrected chi connectivity index (χ4v) is 7.75. The number of Topliss-reactive ketones (excluding diaryl/α,β-unsaturated/α-hetero) is 2. The maximum atomic E-state index is 16.0. The van der Waals surface area contributed by atoms with Crippen LogP contribution in [0, 0.1) is 45.1 Å². The fraction of sp³-hybridized carbons (Fsp3) is 0.551. The lowest BCUT2D eigenvalue weighted by atomic mass is 9.73. The number of aliphatic hydroxyl groups is 1. The summed E-state index contributed by atoms with van der Waals surface area (Å²) in [6, 6.07) is 4.45. The molecule has 2 aromatic rings. The van der Waals surface area contributed by atoms with E-state index in [1.54, 1.807) is 0 Å². The summed E-state index contributed by atoms with van der Waals surface area (Å²) in [5, 5.41) is 15.0. The summed E-state index contributed by atoms with van der Waals surface area (Å²) in [4.78, 5) is 61.0. The van der Waals surface area contributed by atoms with Crippen molar-refractivity contribution in [3.63, 3.8) is 0 Å². The molecule has 2 amide bonds. The van der Waals surface area contributed by atoms with Gasteiger partial charge in [0.05, 0.1) is 22.9 Å². The van der Waals surface area contributed by atoms with E-state index in [2.05, 4.69) is 20.7 Å². The van der Waals surface area contributed by atoms with Gasteiger partial charge in [-0.15, -0.1) is 0 Å². The largest absolute Gasteiger partial charge is 0.404 e. The quantitative estimate of drug-likeness (QED) is 0.0282. The number of benzene rings is 2. The second kappa shape index (κ2) is 23.2. The van der Waals surface area contributed by atoms with E-state index < -0.39 is 150 Å². The Morgan fingerprint density at radius 3 is 1.67 bits per heavy atom. The highest BCUT2D eigenvalue weighted by Gasteiger charge is 2.58. The first kappa shape index (κ1) is 59.8. The van der Waals surface area contributed by atoms with Gasteiger partial charge in [-0.05, 0) is 80.7 Å².